The Morgan fingerprint density at radius 2 is 2.11 bits per heavy atom. The molecule has 2 N–H and O–H groups in total. The first-order valence-corrected chi connectivity index (χ1v) is 7.31. The SMILES string of the molecule is COc1ccc(C)cc1C1CC(C)(C)CCC1CN. The first kappa shape index (κ1) is 14.4. The molecule has 0 radical (unpaired) electrons. The van der Waals surface area contributed by atoms with E-state index < -0.39 is 0 Å². The van der Waals surface area contributed by atoms with Gasteiger partial charge in [-0.15, -0.1) is 0 Å². The highest BCUT2D eigenvalue weighted by molar-refractivity contribution is 5.40. The summed E-state index contributed by atoms with van der Waals surface area (Å²) in [4.78, 5) is 0. The number of aryl methyl sites for hydroxylation is 1. The molecule has 0 bridgehead atoms. The molecule has 0 aromatic heterocycles. The van der Waals surface area contributed by atoms with Crippen LogP contribution in [0, 0.1) is 18.3 Å². The summed E-state index contributed by atoms with van der Waals surface area (Å²) in [5.41, 5.74) is 9.07. The number of benzene rings is 1. The van der Waals surface area contributed by atoms with E-state index in [2.05, 4.69) is 39.0 Å². The first-order valence-electron chi connectivity index (χ1n) is 7.31. The molecule has 0 heterocycles. The van der Waals surface area contributed by atoms with Crippen LogP contribution in [0.1, 0.15) is 50.2 Å². The van der Waals surface area contributed by atoms with Gasteiger partial charge in [-0.1, -0.05) is 31.5 Å². The van der Waals surface area contributed by atoms with Gasteiger partial charge in [0.05, 0.1) is 7.11 Å². The van der Waals surface area contributed by atoms with Gasteiger partial charge in [-0.3, -0.25) is 0 Å². The maximum Gasteiger partial charge on any atom is 0.122 e. The van der Waals surface area contributed by atoms with Crippen LogP contribution in [0.5, 0.6) is 5.75 Å². The summed E-state index contributed by atoms with van der Waals surface area (Å²) in [6, 6.07) is 6.50. The Bertz CT molecular complexity index is 439. The van der Waals surface area contributed by atoms with Crippen molar-refractivity contribution in [1.29, 1.82) is 0 Å². The molecule has 1 aromatic rings. The van der Waals surface area contributed by atoms with Crippen LogP contribution < -0.4 is 10.5 Å². The van der Waals surface area contributed by atoms with Gasteiger partial charge in [0, 0.05) is 0 Å². The van der Waals surface area contributed by atoms with E-state index in [1.165, 1.54) is 30.4 Å². The zero-order chi connectivity index (χ0) is 14.0. The highest BCUT2D eigenvalue weighted by Crippen LogP contribution is 2.48. The lowest BCUT2D eigenvalue weighted by molar-refractivity contribution is 0.163. The number of hydrogen-bond acceptors (Lipinski definition) is 2. The second-order valence-corrected chi connectivity index (χ2v) is 6.75. The molecule has 1 aliphatic carbocycles. The Morgan fingerprint density at radius 3 is 2.74 bits per heavy atom. The highest BCUT2D eigenvalue weighted by Gasteiger charge is 2.36. The lowest BCUT2D eigenvalue weighted by atomic mass is 9.65. The van der Waals surface area contributed by atoms with Gasteiger partial charge < -0.3 is 10.5 Å². The Hall–Kier alpha value is -1.02. The molecule has 0 amide bonds. The lowest BCUT2D eigenvalue weighted by Gasteiger charge is -2.41. The standard InChI is InChI=1S/C17H27NO/c1-12-5-6-16(19-4)14(9-12)15-10-17(2,3)8-7-13(15)11-18/h5-6,9,13,15H,7-8,10-11,18H2,1-4H3. The third-order valence-corrected chi connectivity index (χ3v) is 4.62. The van der Waals surface area contributed by atoms with E-state index in [-0.39, 0.29) is 0 Å². The Balaban J connectivity index is 2.38. The van der Waals surface area contributed by atoms with Crippen molar-refractivity contribution in [3.8, 4) is 5.75 Å². The van der Waals surface area contributed by atoms with E-state index in [0.29, 0.717) is 17.3 Å². The smallest absolute Gasteiger partial charge is 0.122 e. The summed E-state index contributed by atoms with van der Waals surface area (Å²) in [7, 11) is 1.76. The zero-order valence-corrected chi connectivity index (χ0v) is 12.7. The predicted octanol–water partition coefficient (Wildman–Crippen LogP) is 3.87. The van der Waals surface area contributed by atoms with Crippen LogP contribution in [-0.4, -0.2) is 13.7 Å². The minimum Gasteiger partial charge on any atom is -0.496 e. The summed E-state index contributed by atoms with van der Waals surface area (Å²) >= 11 is 0. The quantitative estimate of drug-likeness (QED) is 0.896. The molecule has 1 aliphatic rings. The van der Waals surface area contributed by atoms with Gasteiger partial charge in [-0.25, -0.2) is 0 Å². The Kier molecular flexibility index (Phi) is 4.19. The summed E-state index contributed by atoms with van der Waals surface area (Å²) in [5.74, 6) is 2.14. The van der Waals surface area contributed by atoms with Crippen molar-refractivity contribution < 1.29 is 4.74 Å². The monoisotopic (exact) mass is 261 g/mol. The summed E-state index contributed by atoms with van der Waals surface area (Å²) in [6.07, 6.45) is 3.71. The molecule has 0 saturated heterocycles. The van der Waals surface area contributed by atoms with E-state index >= 15 is 0 Å². The molecule has 2 heteroatoms. The van der Waals surface area contributed by atoms with Crippen LogP contribution in [0.3, 0.4) is 0 Å². The fourth-order valence-electron chi connectivity index (χ4n) is 3.43. The van der Waals surface area contributed by atoms with E-state index in [1.807, 2.05) is 0 Å². The molecule has 2 atom stereocenters. The zero-order valence-electron chi connectivity index (χ0n) is 12.7. The third kappa shape index (κ3) is 3.11. The molecule has 1 saturated carbocycles. The van der Waals surface area contributed by atoms with Crippen molar-refractivity contribution in [2.24, 2.45) is 17.1 Å². The van der Waals surface area contributed by atoms with Crippen molar-refractivity contribution in [2.75, 3.05) is 13.7 Å². The van der Waals surface area contributed by atoms with Crippen LogP contribution in [0.4, 0.5) is 0 Å². The number of rotatable bonds is 3. The Morgan fingerprint density at radius 1 is 1.37 bits per heavy atom. The average Bonchev–Trinajstić information content (AvgIpc) is 2.37. The molecule has 1 fully saturated rings. The second kappa shape index (κ2) is 5.54. The highest BCUT2D eigenvalue weighted by atomic mass is 16.5. The van der Waals surface area contributed by atoms with Crippen LogP contribution >= 0.6 is 0 Å². The van der Waals surface area contributed by atoms with Gasteiger partial charge in [0.15, 0.2) is 0 Å². The maximum absolute atomic E-state index is 6.01. The van der Waals surface area contributed by atoms with Gasteiger partial charge in [-0.05, 0) is 61.6 Å². The van der Waals surface area contributed by atoms with Crippen molar-refractivity contribution >= 4 is 0 Å². The van der Waals surface area contributed by atoms with Crippen LogP contribution in [0.2, 0.25) is 0 Å². The number of methoxy groups -OCH3 is 1. The van der Waals surface area contributed by atoms with E-state index in [4.69, 9.17) is 10.5 Å². The van der Waals surface area contributed by atoms with Crippen molar-refractivity contribution in [2.45, 2.75) is 46.0 Å². The third-order valence-electron chi connectivity index (χ3n) is 4.62. The minimum absolute atomic E-state index is 0.408. The molecular weight excluding hydrogens is 234 g/mol. The van der Waals surface area contributed by atoms with Crippen LogP contribution in [-0.2, 0) is 0 Å². The van der Waals surface area contributed by atoms with Crippen LogP contribution in [0.25, 0.3) is 0 Å². The van der Waals surface area contributed by atoms with E-state index in [1.54, 1.807) is 7.11 Å². The molecule has 0 aliphatic heterocycles. The molecule has 0 spiro atoms. The summed E-state index contributed by atoms with van der Waals surface area (Å²) in [5, 5.41) is 0. The normalized spacial score (nSPS) is 26.2. The molecule has 19 heavy (non-hydrogen) atoms. The van der Waals surface area contributed by atoms with Crippen molar-refractivity contribution in [3.63, 3.8) is 0 Å². The van der Waals surface area contributed by atoms with Crippen molar-refractivity contribution in [3.05, 3.63) is 29.3 Å². The number of nitrogens with two attached hydrogens (primary N) is 1. The molecule has 106 valence electrons. The predicted molar refractivity (Wildman–Crippen MR) is 80.6 cm³/mol. The molecular formula is C17H27NO. The average molecular weight is 261 g/mol. The van der Waals surface area contributed by atoms with Gasteiger partial charge in [0.2, 0.25) is 0 Å². The van der Waals surface area contributed by atoms with Gasteiger partial charge >= 0.3 is 0 Å². The fraction of sp³-hybridized carbons (Fsp3) is 0.647. The summed E-state index contributed by atoms with van der Waals surface area (Å²) < 4.78 is 5.57. The van der Waals surface area contributed by atoms with Gasteiger partial charge in [0.1, 0.15) is 5.75 Å². The largest absolute Gasteiger partial charge is 0.496 e. The van der Waals surface area contributed by atoms with Gasteiger partial charge in [0.25, 0.3) is 0 Å². The Labute approximate surface area is 117 Å². The molecule has 2 unspecified atom stereocenters. The second-order valence-electron chi connectivity index (χ2n) is 6.75. The minimum atomic E-state index is 0.408. The van der Waals surface area contributed by atoms with Crippen molar-refractivity contribution in [1.82, 2.24) is 0 Å². The fourth-order valence-corrected chi connectivity index (χ4v) is 3.43. The first-order chi connectivity index (χ1) is 8.96. The van der Waals surface area contributed by atoms with E-state index in [9.17, 15) is 0 Å². The number of ether oxygens (including phenoxy) is 1. The van der Waals surface area contributed by atoms with Crippen LogP contribution in [0.15, 0.2) is 18.2 Å². The molecule has 2 nitrogen and oxygen atoms in total. The molecule has 1 aromatic carbocycles. The maximum atomic E-state index is 6.01. The lowest BCUT2D eigenvalue weighted by Crippen LogP contribution is -2.32. The summed E-state index contributed by atoms with van der Waals surface area (Å²) in [6.45, 7) is 7.66. The molecule has 2 rings (SSSR count). The topological polar surface area (TPSA) is 35.2 Å². The van der Waals surface area contributed by atoms with Gasteiger partial charge in [-0.2, -0.15) is 0 Å². The van der Waals surface area contributed by atoms with E-state index in [0.717, 1.165) is 12.3 Å². The number of hydrogen-bond donors (Lipinski definition) is 1.